The summed E-state index contributed by atoms with van der Waals surface area (Å²) in [6.45, 7) is 10.2. The summed E-state index contributed by atoms with van der Waals surface area (Å²) in [5, 5.41) is 10.9. The van der Waals surface area contributed by atoms with Gasteiger partial charge in [-0.25, -0.2) is 9.48 Å². The monoisotopic (exact) mass is 467 g/mol. The first-order valence-electron chi connectivity index (χ1n) is 10.9. The molecule has 0 fully saturated rings. The van der Waals surface area contributed by atoms with Crippen LogP contribution in [0.2, 0.25) is 5.02 Å². The minimum atomic E-state index is -0.341. The molecule has 0 unspecified atom stereocenters. The van der Waals surface area contributed by atoms with Crippen LogP contribution in [0.15, 0.2) is 54.6 Å². The van der Waals surface area contributed by atoms with Crippen LogP contribution in [0.4, 0.5) is 16.3 Å². The lowest BCUT2D eigenvalue weighted by atomic mass is 9.92. The minimum absolute atomic E-state index is 0.104. The molecule has 3 rings (SSSR count). The van der Waals surface area contributed by atoms with Crippen molar-refractivity contribution in [2.24, 2.45) is 0 Å². The lowest BCUT2D eigenvalue weighted by Gasteiger charge is -2.21. The number of rotatable bonds is 6. The van der Waals surface area contributed by atoms with Crippen LogP contribution in [-0.2, 0) is 10.2 Å². The summed E-state index contributed by atoms with van der Waals surface area (Å²) in [7, 11) is 0. The topological polar surface area (TPSA) is 79.3 Å². The Bertz CT molecular complexity index is 1130. The van der Waals surface area contributed by atoms with Crippen molar-refractivity contribution in [3.8, 4) is 5.69 Å². The molecule has 0 atom stereocenters. The lowest BCUT2D eigenvalue weighted by Crippen LogP contribution is -2.40. The SMILES string of the molecule is CCN(CC(=O)Nc1cc(C(C)(C)C)nn1-c1ccccc1Cl)C(=O)Nc1ccc(C)cc1. The number of nitrogens with one attached hydrogen (secondary N) is 2. The zero-order valence-corrected chi connectivity index (χ0v) is 20.4. The maximum absolute atomic E-state index is 12.9. The van der Waals surface area contributed by atoms with Crippen LogP contribution in [0.5, 0.6) is 0 Å². The van der Waals surface area contributed by atoms with E-state index in [1.54, 1.807) is 10.7 Å². The Morgan fingerprint density at radius 2 is 1.73 bits per heavy atom. The van der Waals surface area contributed by atoms with Crippen molar-refractivity contribution in [2.45, 2.75) is 40.0 Å². The molecule has 0 aliphatic heterocycles. The van der Waals surface area contributed by atoms with Crippen LogP contribution < -0.4 is 10.6 Å². The van der Waals surface area contributed by atoms with Gasteiger partial charge in [0, 0.05) is 23.7 Å². The summed E-state index contributed by atoms with van der Waals surface area (Å²) in [4.78, 5) is 27.0. The van der Waals surface area contributed by atoms with E-state index in [1.165, 1.54) is 4.90 Å². The number of benzene rings is 2. The molecule has 7 nitrogen and oxygen atoms in total. The van der Waals surface area contributed by atoms with E-state index in [0.29, 0.717) is 28.8 Å². The van der Waals surface area contributed by atoms with Gasteiger partial charge in [0.2, 0.25) is 5.91 Å². The van der Waals surface area contributed by atoms with Crippen molar-refractivity contribution in [2.75, 3.05) is 23.7 Å². The van der Waals surface area contributed by atoms with E-state index in [1.807, 2.05) is 83.1 Å². The summed E-state index contributed by atoms with van der Waals surface area (Å²) in [6, 6.07) is 16.3. The van der Waals surface area contributed by atoms with Gasteiger partial charge in [0.05, 0.1) is 16.4 Å². The molecule has 0 saturated heterocycles. The summed E-state index contributed by atoms with van der Waals surface area (Å²) in [5.41, 5.74) is 3.02. The standard InChI is InChI=1S/C25H30ClN5O2/c1-6-30(24(33)27-18-13-11-17(2)12-14-18)16-23(32)28-22-15-21(25(3,4)5)29-31(22)20-10-8-7-9-19(20)26/h7-15H,6,16H2,1-5H3,(H,27,33)(H,28,32). The second-order valence-corrected chi connectivity index (χ2v) is 9.29. The Hall–Kier alpha value is -3.32. The largest absolute Gasteiger partial charge is 0.322 e. The predicted molar refractivity (Wildman–Crippen MR) is 133 cm³/mol. The maximum atomic E-state index is 12.9. The molecule has 8 heteroatoms. The van der Waals surface area contributed by atoms with E-state index in [2.05, 4.69) is 15.7 Å². The summed E-state index contributed by atoms with van der Waals surface area (Å²) in [6.07, 6.45) is 0. The number of hydrogen-bond donors (Lipinski definition) is 2. The maximum Gasteiger partial charge on any atom is 0.322 e. The van der Waals surface area contributed by atoms with Crippen molar-refractivity contribution in [3.05, 3.63) is 70.9 Å². The molecule has 174 valence electrons. The third kappa shape index (κ3) is 6.14. The fraction of sp³-hybridized carbons (Fsp3) is 0.320. The number of nitrogens with zero attached hydrogens (tertiary/aromatic N) is 3. The highest BCUT2D eigenvalue weighted by Gasteiger charge is 2.23. The second kappa shape index (κ2) is 10.1. The van der Waals surface area contributed by atoms with Crippen molar-refractivity contribution in [1.29, 1.82) is 0 Å². The molecule has 0 spiro atoms. The molecule has 1 aromatic heterocycles. The molecule has 3 amide bonds. The third-order valence-corrected chi connectivity index (χ3v) is 5.45. The van der Waals surface area contributed by atoms with Crippen LogP contribution in [0.3, 0.4) is 0 Å². The molecule has 0 aliphatic rings. The number of aromatic nitrogens is 2. The van der Waals surface area contributed by atoms with Crippen LogP contribution in [0, 0.1) is 6.92 Å². The number of amides is 3. The summed E-state index contributed by atoms with van der Waals surface area (Å²) < 4.78 is 1.63. The van der Waals surface area contributed by atoms with Gasteiger partial charge in [0.25, 0.3) is 0 Å². The van der Waals surface area contributed by atoms with E-state index in [9.17, 15) is 9.59 Å². The van der Waals surface area contributed by atoms with Crippen LogP contribution >= 0.6 is 11.6 Å². The average molecular weight is 468 g/mol. The van der Waals surface area contributed by atoms with Crippen molar-refractivity contribution in [3.63, 3.8) is 0 Å². The normalized spacial score (nSPS) is 11.2. The van der Waals surface area contributed by atoms with E-state index >= 15 is 0 Å². The Morgan fingerprint density at radius 1 is 1.06 bits per heavy atom. The molecule has 2 N–H and O–H groups in total. The molecular weight excluding hydrogens is 438 g/mol. The first kappa shape index (κ1) is 24.3. The molecule has 0 saturated carbocycles. The van der Waals surface area contributed by atoms with Crippen LogP contribution in [0.1, 0.15) is 39.0 Å². The number of urea groups is 1. The number of halogens is 1. The molecule has 0 aliphatic carbocycles. The molecule has 2 aromatic carbocycles. The Kier molecular flexibility index (Phi) is 7.43. The smallest absolute Gasteiger partial charge is 0.315 e. The van der Waals surface area contributed by atoms with Gasteiger partial charge in [-0.2, -0.15) is 5.10 Å². The van der Waals surface area contributed by atoms with E-state index in [0.717, 1.165) is 11.3 Å². The highest BCUT2D eigenvalue weighted by atomic mass is 35.5. The van der Waals surface area contributed by atoms with Gasteiger partial charge in [-0.1, -0.05) is 62.2 Å². The predicted octanol–water partition coefficient (Wildman–Crippen LogP) is 5.62. The second-order valence-electron chi connectivity index (χ2n) is 8.89. The van der Waals surface area contributed by atoms with Gasteiger partial charge < -0.3 is 15.5 Å². The quantitative estimate of drug-likeness (QED) is 0.493. The summed E-state index contributed by atoms with van der Waals surface area (Å²) in [5.74, 6) is 0.164. The molecule has 33 heavy (non-hydrogen) atoms. The minimum Gasteiger partial charge on any atom is -0.315 e. The zero-order chi connectivity index (χ0) is 24.2. The van der Waals surface area contributed by atoms with E-state index in [-0.39, 0.29) is 23.9 Å². The number of carbonyl (C=O) groups excluding carboxylic acids is 2. The van der Waals surface area contributed by atoms with Crippen LogP contribution in [-0.4, -0.2) is 39.7 Å². The molecule has 1 heterocycles. The van der Waals surface area contributed by atoms with Gasteiger partial charge in [-0.3, -0.25) is 4.79 Å². The Labute approximate surface area is 199 Å². The Morgan fingerprint density at radius 3 is 2.33 bits per heavy atom. The van der Waals surface area contributed by atoms with Crippen molar-refractivity contribution in [1.82, 2.24) is 14.7 Å². The highest BCUT2D eigenvalue weighted by Crippen LogP contribution is 2.29. The van der Waals surface area contributed by atoms with Gasteiger partial charge in [0.1, 0.15) is 12.4 Å². The number of para-hydroxylation sites is 1. The average Bonchev–Trinajstić information content (AvgIpc) is 3.18. The molecular formula is C25H30ClN5O2. The van der Waals surface area contributed by atoms with Gasteiger partial charge in [0.15, 0.2) is 0 Å². The van der Waals surface area contributed by atoms with E-state index in [4.69, 9.17) is 11.6 Å². The van der Waals surface area contributed by atoms with Gasteiger partial charge in [-0.15, -0.1) is 0 Å². The Balaban J connectivity index is 1.78. The molecule has 0 radical (unpaired) electrons. The summed E-state index contributed by atoms with van der Waals surface area (Å²) >= 11 is 6.39. The number of likely N-dealkylation sites (N-methyl/N-ethyl adjacent to an activating group) is 1. The van der Waals surface area contributed by atoms with E-state index < -0.39 is 0 Å². The van der Waals surface area contributed by atoms with Gasteiger partial charge >= 0.3 is 6.03 Å². The first-order valence-corrected chi connectivity index (χ1v) is 11.2. The lowest BCUT2D eigenvalue weighted by molar-refractivity contribution is -0.116. The number of aryl methyl sites for hydroxylation is 1. The molecule has 0 bridgehead atoms. The van der Waals surface area contributed by atoms with Crippen molar-refractivity contribution >= 4 is 35.0 Å². The molecule has 3 aromatic rings. The fourth-order valence-corrected chi connectivity index (χ4v) is 3.38. The van der Waals surface area contributed by atoms with Gasteiger partial charge in [-0.05, 0) is 38.1 Å². The van der Waals surface area contributed by atoms with Crippen LogP contribution in [0.25, 0.3) is 5.69 Å². The third-order valence-electron chi connectivity index (χ3n) is 5.13. The first-order chi connectivity index (χ1) is 15.6. The number of carbonyl (C=O) groups is 2. The zero-order valence-electron chi connectivity index (χ0n) is 19.6. The number of anilines is 2. The highest BCUT2D eigenvalue weighted by molar-refractivity contribution is 6.32. The fourth-order valence-electron chi connectivity index (χ4n) is 3.17. The van der Waals surface area contributed by atoms with Crippen molar-refractivity contribution < 1.29 is 9.59 Å². The number of hydrogen-bond acceptors (Lipinski definition) is 3.